The standard InChI is InChI=1S/C22H24F3N5O5.C4H4O4/c1-21(15-29-13-18(30(32)33)26-19(29)35-21)14-27-7-9-28(10-8-27)20(31)34-11-3-5-16-4-2-6-17(12-16)22(23,24)25;5-3(6)1-2-4(7)8/h2-6,12-13H,7-11,14-15H2,1H3;1-2H,(H,5,6)(H,7,8)/t21-;/m0./s1. The summed E-state index contributed by atoms with van der Waals surface area (Å²) in [6.07, 6.45) is 0.537. The fourth-order valence-electron chi connectivity index (χ4n) is 4.28. The van der Waals surface area contributed by atoms with E-state index in [-0.39, 0.29) is 18.4 Å². The van der Waals surface area contributed by atoms with Crippen molar-refractivity contribution in [2.45, 2.75) is 25.2 Å². The van der Waals surface area contributed by atoms with Gasteiger partial charge in [0.1, 0.15) is 18.4 Å². The van der Waals surface area contributed by atoms with Crippen LogP contribution < -0.4 is 4.74 Å². The van der Waals surface area contributed by atoms with Crippen molar-refractivity contribution in [2.24, 2.45) is 0 Å². The van der Waals surface area contributed by atoms with Gasteiger partial charge >= 0.3 is 36.0 Å². The summed E-state index contributed by atoms with van der Waals surface area (Å²) in [6.45, 7) is 4.93. The molecule has 0 aliphatic carbocycles. The van der Waals surface area contributed by atoms with Crippen LogP contribution in [0.4, 0.5) is 23.8 Å². The van der Waals surface area contributed by atoms with E-state index < -0.39 is 40.3 Å². The highest BCUT2D eigenvalue weighted by atomic mass is 19.4. The molecule has 1 aromatic heterocycles. The van der Waals surface area contributed by atoms with Gasteiger partial charge in [0.15, 0.2) is 0 Å². The molecule has 43 heavy (non-hydrogen) atoms. The number of imidazole rings is 1. The van der Waals surface area contributed by atoms with Crippen molar-refractivity contribution < 1.29 is 52.2 Å². The van der Waals surface area contributed by atoms with E-state index in [0.717, 1.165) is 12.1 Å². The average Bonchev–Trinajstić information content (AvgIpc) is 3.45. The molecular formula is C26H28F3N5O9. The molecule has 232 valence electrons. The Morgan fingerprint density at radius 3 is 2.37 bits per heavy atom. The molecule has 0 unspecified atom stereocenters. The fourth-order valence-corrected chi connectivity index (χ4v) is 4.28. The predicted molar refractivity (Wildman–Crippen MR) is 142 cm³/mol. The lowest BCUT2D eigenvalue weighted by molar-refractivity contribution is -0.389. The number of fused-ring (bicyclic) bond motifs is 1. The molecule has 2 aromatic rings. The van der Waals surface area contributed by atoms with Crippen LogP contribution >= 0.6 is 0 Å². The number of ether oxygens (including phenoxy) is 2. The number of hydrogen-bond acceptors (Lipinski definition) is 9. The first-order chi connectivity index (χ1) is 20.1. The lowest BCUT2D eigenvalue weighted by atomic mass is 10.1. The molecule has 1 aromatic carbocycles. The maximum Gasteiger partial charge on any atom is 0.416 e. The third-order valence-corrected chi connectivity index (χ3v) is 6.14. The van der Waals surface area contributed by atoms with Gasteiger partial charge in [-0.05, 0) is 35.6 Å². The van der Waals surface area contributed by atoms with Crippen molar-refractivity contribution in [3.8, 4) is 6.01 Å². The SMILES string of the molecule is C[C@]1(CN2CCN(C(=O)OCC=Cc3cccc(C(F)(F)F)c3)CC2)Cn2cc([N+](=O)[O-])nc2O1.O=C(O)C=CC(=O)O. The lowest BCUT2D eigenvalue weighted by Crippen LogP contribution is -2.54. The van der Waals surface area contributed by atoms with Gasteiger partial charge in [-0.1, -0.05) is 18.2 Å². The fraction of sp³-hybridized carbons (Fsp3) is 0.385. The van der Waals surface area contributed by atoms with Crippen LogP contribution in [0.5, 0.6) is 6.01 Å². The summed E-state index contributed by atoms with van der Waals surface area (Å²) in [5.41, 5.74) is -0.963. The van der Waals surface area contributed by atoms with Gasteiger partial charge in [0, 0.05) is 49.9 Å². The quantitative estimate of drug-likeness (QED) is 0.255. The maximum absolute atomic E-state index is 12.8. The van der Waals surface area contributed by atoms with Crippen molar-refractivity contribution in [3.63, 3.8) is 0 Å². The first-order valence-corrected chi connectivity index (χ1v) is 12.7. The number of rotatable bonds is 8. The number of amides is 1. The van der Waals surface area contributed by atoms with E-state index >= 15 is 0 Å². The zero-order valence-electron chi connectivity index (χ0n) is 22.8. The number of piperazine rings is 1. The number of carbonyl (C=O) groups excluding carboxylic acids is 1. The molecular weight excluding hydrogens is 583 g/mol. The van der Waals surface area contributed by atoms with Crippen LogP contribution in [0.1, 0.15) is 18.1 Å². The number of carboxylic acids is 2. The summed E-state index contributed by atoms with van der Waals surface area (Å²) in [5, 5.41) is 26.5. The van der Waals surface area contributed by atoms with E-state index in [4.69, 9.17) is 19.7 Å². The zero-order valence-corrected chi connectivity index (χ0v) is 22.8. The van der Waals surface area contributed by atoms with Crippen molar-refractivity contribution in [1.29, 1.82) is 0 Å². The second-order valence-corrected chi connectivity index (χ2v) is 9.69. The molecule has 1 atom stereocenters. The Kier molecular flexibility index (Phi) is 10.5. The highest BCUT2D eigenvalue weighted by molar-refractivity contribution is 5.89. The minimum Gasteiger partial charge on any atom is -0.478 e. The molecule has 4 rings (SSSR count). The third-order valence-electron chi connectivity index (χ3n) is 6.14. The van der Waals surface area contributed by atoms with Crippen molar-refractivity contribution in [1.82, 2.24) is 19.4 Å². The molecule has 2 N–H and O–H groups in total. The molecule has 1 fully saturated rings. The molecule has 0 radical (unpaired) electrons. The minimum atomic E-state index is -4.41. The molecule has 17 heteroatoms. The van der Waals surface area contributed by atoms with Crippen molar-refractivity contribution in [3.05, 3.63) is 69.9 Å². The summed E-state index contributed by atoms with van der Waals surface area (Å²) >= 11 is 0. The first kappa shape index (κ1) is 32.6. The molecule has 0 spiro atoms. The molecule has 2 aliphatic heterocycles. The van der Waals surface area contributed by atoms with Crippen LogP contribution in [0.15, 0.2) is 48.7 Å². The summed E-state index contributed by atoms with van der Waals surface area (Å²) in [7, 11) is 0. The second-order valence-electron chi connectivity index (χ2n) is 9.69. The summed E-state index contributed by atoms with van der Waals surface area (Å²) in [5.74, 6) is -2.77. The highest BCUT2D eigenvalue weighted by Gasteiger charge is 2.42. The van der Waals surface area contributed by atoms with Crippen molar-refractivity contribution in [2.75, 3.05) is 39.3 Å². The smallest absolute Gasteiger partial charge is 0.416 e. The van der Waals surface area contributed by atoms with E-state index in [2.05, 4.69) is 9.88 Å². The topological polar surface area (TPSA) is 178 Å². The van der Waals surface area contributed by atoms with Gasteiger partial charge in [-0.25, -0.2) is 14.4 Å². The molecule has 0 saturated carbocycles. The number of aliphatic carboxylic acids is 2. The number of nitrogens with zero attached hydrogens (tertiary/aromatic N) is 5. The van der Waals surface area contributed by atoms with Crippen LogP contribution in [-0.4, -0.2) is 97.5 Å². The van der Waals surface area contributed by atoms with E-state index in [1.54, 1.807) is 9.47 Å². The van der Waals surface area contributed by atoms with E-state index in [1.807, 2.05) is 6.92 Å². The van der Waals surface area contributed by atoms with Crippen LogP contribution in [0.25, 0.3) is 6.08 Å². The van der Waals surface area contributed by atoms with Gasteiger partial charge in [-0.2, -0.15) is 13.2 Å². The monoisotopic (exact) mass is 611 g/mol. The van der Waals surface area contributed by atoms with Crippen molar-refractivity contribution >= 4 is 29.9 Å². The number of carboxylic acid groups (broad SMARTS) is 2. The van der Waals surface area contributed by atoms with Gasteiger partial charge in [0.2, 0.25) is 0 Å². The summed E-state index contributed by atoms with van der Waals surface area (Å²) < 4.78 is 51.1. The van der Waals surface area contributed by atoms with Crippen LogP contribution in [0.2, 0.25) is 0 Å². The number of alkyl halides is 3. The largest absolute Gasteiger partial charge is 0.478 e. The Balaban J connectivity index is 0.000000557. The third kappa shape index (κ3) is 9.84. The molecule has 3 heterocycles. The summed E-state index contributed by atoms with van der Waals surface area (Å²) in [4.78, 5) is 49.3. The zero-order chi connectivity index (χ0) is 31.8. The number of carbonyl (C=O) groups is 3. The number of halogens is 3. The van der Waals surface area contributed by atoms with E-state index in [9.17, 15) is 37.7 Å². The first-order valence-electron chi connectivity index (χ1n) is 12.7. The number of aromatic nitrogens is 2. The molecule has 14 nitrogen and oxygen atoms in total. The van der Waals surface area contributed by atoms with Gasteiger partial charge in [0.05, 0.1) is 12.1 Å². The van der Waals surface area contributed by atoms with Gasteiger partial charge in [-0.15, -0.1) is 0 Å². The maximum atomic E-state index is 12.8. The molecule has 2 aliphatic rings. The van der Waals surface area contributed by atoms with Crippen LogP contribution in [0.3, 0.4) is 0 Å². The van der Waals surface area contributed by atoms with Crippen LogP contribution in [-0.2, 0) is 27.0 Å². The summed E-state index contributed by atoms with van der Waals surface area (Å²) in [6, 6.07) is 5.11. The van der Waals surface area contributed by atoms with E-state index in [1.165, 1.54) is 30.5 Å². The molecule has 0 bridgehead atoms. The van der Waals surface area contributed by atoms with Gasteiger partial charge < -0.3 is 34.7 Å². The Hall–Kier alpha value is -4.93. The average molecular weight is 612 g/mol. The lowest BCUT2D eigenvalue weighted by Gasteiger charge is -2.37. The Bertz CT molecular complexity index is 1360. The van der Waals surface area contributed by atoms with Crippen LogP contribution in [0, 0.1) is 10.1 Å². The van der Waals surface area contributed by atoms with Gasteiger partial charge in [-0.3, -0.25) is 9.47 Å². The Morgan fingerprint density at radius 1 is 1.16 bits per heavy atom. The second kappa shape index (κ2) is 13.8. The van der Waals surface area contributed by atoms with E-state index in [0.29, 0.717) is 57.0 Å². The Labute approximate surface area is 242 Å². The number of hydrogen-bond donors (Lipinski definition) is 2. The minimum absolute atomic E-state index is 0.0567. The Morgan fingerprint density at radius 2 is 1.81 bits per heavy atom. The normalized spacial score (nSPS) is 18.6. The number of benzene rings is 1. The molecule has 1 amide bonds. The predicted octanol–water partition coefficient (Wildman–Crippen LogP) is 3.14. The molecule has 1 saturated heterocycles. The number of nitro groups is 1. The van der Waals surface area contributed by atoms with Gasteiger partial charge in [0.25, 0.3) is 0 Å². The highest BCUT2D eigenvalue weighted by Crippen LogP contribution is 2.32.